The van der Waals surface area contributed by atoms with E-state index in [0.717, 1.165) is 32.0 Å². The number of piperidine rings is 1. The van der Waals surface area contributed by atoms with E-state index < -0.39 is 29.0 Å². The minimum absolute atomic E-state index is 0.124. The highest BCUT2D eigenvalue weighted by Gasteiger charge is 2.22. The first-order valence-corrected chi connectivity index (χ1v) is 7.12. The first-order valence-electron chi connectivity index (χ1n) is 7.12. The van der Waals surface area contributed by atoms with Gasteiger partial charge in [0.25, 0.3) is 0 Å². The number of rotatable bonds is 4. The first kappa shape index (κ1) is 15.8. The minimum atomic E-state index is -1.31. The number of carbonyl (C=O) groups is 1. The highest BCUT2D eigenvalue weighted by atomic mass is 19.2. The Morgan fingerprint density at radius 2 is 2.19 bits per heavy atom. The van der Waals surface area contributed by atoms with E-state index in [0.29, 0.717) is 12.0 Å². The Hall–Kier alpha value is -1.56. The molecule has 1 saturated heterocycles. The third kappa shape index (κ3) is 4.20. The fourth-order valence-electron chi connectivity index (χ4n) is 2.67. The summed E-state index contributed by atoms with van der Waals surface area (Å²) >= 11 is 0. The second kappa shape index (κ2) is 6.93. The van der Waals surface area contributed by atoms with Gasteiger partial charge in [0.1, 0.15) is 5.82 Å². The van der Waals surface area contributed by atoms with Gasteiger partial charge in [-0.2, -0.15) is 0 Å². The number of carbonyl (C=O) groups excluding carboxylic acids is 1. The number of anilines is 1. The molecule has 0 aliphatic carbocycles. The van der Waals surface area contributed by atoms with Crippen molar-refractivity contribution >= 4 is 11.6 Å². The molecule has 3 nitrogen and oxygen atoms in total. The molecule has 0 aromatic heterocycles. The molecule has 1 heterocycles. The zero-order chi connectivity index (χ0) is 15.4. The Bertz CT molecular complexity index is 516. The standard InChI is InChI=1S/C15H19F3N2O/c1-9(10-3-2-4-19-8-10)5-14(21)20-13-7-11(16)6-12(17)15(13)18/h6-7,9-10,19H,2-5,8H2,1H3,(H,20,21). The number of amides is 1. The van der Waals surface area contributed by atoms with Crippen LogP contribution in [-0.4, -0.2) is 19.0 Å². The number of hydrogen-bond donors (Lipinski definition) is 2. The average Bonchev–Trinajstić information content (AvgIpc) is 2.45. The number of nitrogens with one attached hydrogen (secondary N) is 2. The molecule has 2 rings (SSSR count). The van der Waals surface area contributed by atoms with E-state index in [-0.39, 0.29) is 12.3 Å². The molecule has 0 saturated carbocycles. The fraction of sp³-hybridized carbons (Fsp3) is 0.533. The van der Waals surface area contributed by atoms with Crippen molar-refractivity contribution in [3.63, 3.8) is 0 Å². The lowest BCUT2D eigenvalue weighted by atomic mass is 9.85. The zero-order valence-corrected chi connectivity index (χ0v) is 11.9. The van der Waals surface area contributed by atoms with Crippen LogP contribution in [0.4, 0.5) is 18.9 Å². The van der Waals surface area contributed by atoms with Crippen molar-refractivity contribution in [3.8, 4) is 0 Å². The largest absolute Gasteiger partial charge is 0.323 e. The van der Waals surface area contributed by atoms with Gasteiger partial charge in [0, 0.05) is 18.6 Å². The van der Waals surface area contributed by atoms with Crippen molar-refractivity contribution in [2.45, 2.75) is 26.2 Å². The van der Waals surface area contributed by atoms with Crippen molar-refractivity contribution in [1.29, 1.82) is 0 Å². The molecule has 2 atom stereocenters. The van der Waals surface area contributed by atoms with E-state index in [1.807, 2.05) is 6.92 Å². The van der Waals surface area contributed by atoms with Gasteiger partial charge in [0.2, 0.25) is 5.91 Å². The van der Waals surface area contributed by atoms with Gasteiger partial charge in [-0.25, -0.2) is 13.2 Å². The van der Waals surface area contributed by atoms with Crippen molar-refractivity contribution in [2.75, 3.05) is 18.4 Å². The van der Waals surface area contributed by atoms with Crippen LogP contribution < -0.4 is 10.6 Å². The van der Waals surface area contributed by atoms with Crippen molar-refractivity contribution in [3.05, 3.63) is 29.6 Å². The van der Waals surface area contributed by atoms with Crippen molar-refractivity contribution in [2.24, 2.45) is 11.8 Å². The molecule has 1 amide bonds. The molecule has 2 unspecified atom stereocenters. The Kier molecular flexibility index (Phi) is 5.22. The van der Waals surface area contributed by atoms with E-state index in [4.69, 9.17) is 0 Å². The smallest absolute Gasteiger partial charge is 0.224 e. The van der Waals surface area contributed by atoms with Gasteiger partial charge in [-0.1, -0.05) is 6.92 Å². The van der Waals surface area contributed by atoms with Crippen LogP contribution in [0.25, 0.3) is 0 Å². The maximum Gasteiger partial charge on any atom is 0.224 e. The van der Waals surface area contributed by atoms with Gasteiger partial charge in [0.15, 0.2) is 11.6 Å². The van der Waals surface area contributed by atoms with Gasteiger partial charge >= 0.3 is 0 Å². The lowest BCUT2D eigenvalue weighted by Gasteiger charge is -2.28. The maximum atomic E-state index is 13.5. The Labute approximate surface area is 121 Å². The number of benzene rings is 1. The molecular formula is C15H19F3N2O. The zero-order valence-electron chi connectivity index (χ0n) is 11.9. The summed E-state index contributed by atoms with van der Waals surface area (Å²) in [7, 11) is 0. The molecule has 21 heavy (non-hydrogen) atoms. The quantitative estimate of drug-likeness (QED) is 0.839. The average molecular weight is 300 g/mol. The monoisotopic (exact) mass is 300 g/mol. The van der Waals surface area contributed by atoms with E-state index in [1.54, 1.807) is 0 Å². The van der Waals surface area contributed by atoms with Gasteiger partial charge in [0.05, 0.1) is 5.69 Å². The third-order valence-electron chi connectivity index (χ3n) is 3.91. The van der Waals surface area contributed by atoms with Crippen LogP contribution in [-0.2, 0) is 4.79 Å². The molecule has 0 spiro atoms. The highest BCUT2D eigenvalue weighted by molar-refractivity contribution is 5.91. The molecule has 1 aliphatic rings. The van der Waals surface area contributed by atoms with Crippen molar-refractivity contribution < 1.29 is 18.0 Å². The van der Waals surface area contributed by atoms with Gasteiger partial charge in [-0.05, 0) is 37.8 Å². The van der Waals surface area contributed by atoms with Crippen LogP contribution in [0, 0.1) is 29.3 Å². The van der Waals surface area contributed by atoms with Crippen molar-refractivity contribution in [1.82, 2.24) is 5.32 Å². The number of hydrogen-bond acceptors (Lipinski definition) is 2. The van der Waals surface area contributed by atoms with E-state index in [2.05, 4.69) is 10.6 Å². The van der Waals surface area contributed by atoms with Crippen LogP contribution in [0.5, 0.6) is 0 Å². The number of halogens is 3. The molecule has 6 heteroatoms. The van der Waals surface area contributed by atoms with E-state index in [9.17, 15) is 18.0 Å². The topological polar surface area (TPSA) is 41.1 Å². The van der Waals surface area contributed by atoms with E-state index in [1.165, 1.54) is 0 Å². The van der Waals surface area contributed by atoms with Crippen LogP contribution in [0.3, 0.4) is 0 Å². The normalized spacial score (nSPS) is 20.1. The van der Waals surface area contributed by atoms with Gasteiger partial charge < -0.3 is 10.6 Å². The highest BCUT2D eigenvalue weighted by Crippen LogP contribution is 2.24. The molecule has 1 aromatic carbocycles. The first-order chi connectivity index (χ1) is 9.97. The second-order valence-corrected chi connectivity index (χ2v) is 5.59. The molecule has 1 aliphatic heterocycles. The summed E-state index contributed by atoms with van der Waals surface area (Å²) in [6.07, 6.45) is 2.31. The lowest BCUT2D eigenvalue weighted by Crippen LogP contribution is -2.34. The lowest BCUT2D eigenvalue weighted by molar-refractivity contribution is -0.117. The van der Waals surface area contributed by atoms with Crippen LogP contribution in [0.1, 0.15) is 26.2 Å². The fourth-order valence-corrected chi connectivity index (χ4v) is 2.67. The molecular weight excluding hydrogens is 281 g/mol. The molecule has 1 aromatic rings. The summed E-state index contributed by atoms with van der Waals surface area (Å²) in [4.78, 5) is 11.9. The van der Waals surface area contributed by atoms with Crippen LogP contribution in [0.2, 0.25) is 0 Å². The minimum Gasteiger partial charge on any atom is -0.323 e. The van der Waals surface area contributed by atoms with Crippen LogP contribution >= 0.6 is 0 Å². The SMILES string of the molecule is CC(CC(=O)Nc1cc(F)cc(F)c1F)C1CCCNC1. The molecule has 2 N–H and O–H groups in total. The summed E-state index contributed by atoms with van der Waals surface area (Å²) in [5, 5.41) is 5.52. The Morgan fingerprint density at radius 3 is 2.86 bits per heavy atom. The molecule has 1 fully saturated rings. The predicted octanol–water partition coefficient (Wildman–Crippen LogP) is 3.07. The predicted molar refractivity (Wildman–Crippen MR) is 74.3 cm³/mol. The summed E-state index contributed by atoms with van der Waals surface area (Å²) < 4.78 is 39.6. The van der Waals surface area contributed by atoms with E-state index >= 15 is 0 Å². The second-order valence-electron chi connectivity index (χ2n) is 5.59. The molecule has 116 valence electrons. The Balaban J connectivity index is 1.95. The maximum absolute atomic E-state index is 13.5. The molecule has 0 radical (unpaired) electrons. The Morgan fingerprint density at radius 1 is 1.43 bits per heavy atom. The van der Waals surface area contributed by atoms with Gasteiger partial charge in [-0.3, -0.25) is 4.79 Å². The third-order valence-corrected chi connectivity index (χ3v) is 3.91. The summed E-state index contributed by atoms with van der Waals surface area (Å²) in [6.45, 7) is 3.81. The summed E-state index contributed by atoms with van der Waals surface area (Å²) in [6, 6.07) is 1.23. The summed E-state index contributed by atoms with van der Waals surface area (Å²) in [5.41, 5.74) is -0.452. The summed E-state index contributed by atoms with van der Waals surface area (Å²) in [5.74, 6) is -3.39. The molecule has 0 bridgehead atoms. The van der Waals surface area contributed by atoms with Gasteiger partial charge in [-0.15, -0.1) is 0 Å². The van der Waals surface area contributed by atoms with Crippen LogP contribution in [0.15, 0.2) is 12.1 Å².